The topological polar surface area (TPSA) is 41.6 Å². The number of carbonyl (C=O) groups is 1. The third-order valence-electron chi connectivity index (χ3n) is 5.80. The number of ether oxygens (including phenoxy) is 1. The largest absolute Gasteiger partial charge is 0.444 e. The zero-order chi connectivity index (χ0) is 20.1. The van der Waals surface area contributed by atoms with Crippen LogP contribution in [-0.2, 0) is 4.74 Å². The van der Waals surface area contributed by atoms with Crippen molar-refractivity contribution in [2.45, 2.75) is 77.5 Å². The summed E-state index contributed by atoms with van der Waals surface area (Å²) in [6, 6.07) is 11.0. The minimum atomic E-state index is -0.448. The molecule has 1 amide bonds. The Hall–Kier alpha value is -1.81. The van der Waals surface area contributed by atoms with Crippen LogP contribution in [0.4, 0.5) is 4.79 Å². The van der Waals surface area contributed by atoms with E-state index >= 15 is 0 Å². The number of fused-ring (bicyclic) bond motifs is 1. The minimum Gasteiger partial charge on any atom is -0.444 e. The molecule has 1 N–H and O–H groups in total. The molecule has 1 aromatic carbocycles. The fourth-order valence-corrected chi connectivity index (χ4v) is 4.66. The fourth-order valence-electron chi connectivity index (χ4n) is 4.66. The summed E-state index contributed by atoms with van der Waals surface area (Å²) < 4.78 is 5.76. The molecule has 1 aromatic rings. The lowest BCUT2D eigenvalue weighted by molar-refractivity contribution is 0.0105. The molecule has 0 spiro atoms. The fraction of sp³-hybridized carbons (Fsp3) is 0.625. The van der Waals surface area contributed by atoms with Crippen LogP contribution in [0.1, 0.15) is 65.4 Å². The Morgan fingerprint density at radius 3 is 2.64 bits per heavy atom. The zero-order valence-corrected chi connectivity index (χ0v) is 17.9. The van der Waals surface area contributed by atoms with E-state index in [2.05, 4.69) is 47.5 Å². The van der Waals surface area contributed by atoms with Gasteiger partial charge in [0.15, 0.2) is 0 Å². The van der Waals surface area contributed by atoms with Crippen LogP contribution in [0, 0.1) is 5.92 Å². The maximum absolute atomic E-state index is 12.9. The summed E-state index contributed by atoms with van der Waals surface area (Å²) in [5.74, 6) is 0.633. The van der Waals surface area contributed by atoms with Gasteiger partial charge >= 0.3 is 6.09 Å². The maximum Gasteiger partial charge on any atom is 0.410 e. The first kappa shape index (κ1) is 20.9. The van der Waals surface area contributed by atoms with Gasteiger partial charge in [-0.1, -0.05) is 54.8 Å². The first-order chi connectivity index (χ1) is 13.3. The summed E-state index contributed by atoms with van der Waals surface area (Å²) >= 11 is 0. The molecule has 154 valence electrons. The highest BCUT2D eigenvalue weighted by molar-refractivity contribution is 5.69. The van der Waals surface area contributed by atoms with E-state index in [0.717, 1.165) is 25.9 Å². The van der Waals surface area contributed by atoms with Crippen molar-refractivity contribution in [3.63, 3.8) is 0 Å². The first-order valence-corrected chi connectivity index (χ1v) is 10.8. The molecule has 2 aliphatic rings. The third-order valence-corrected chi connectivity index (χ3v) is 5.80. The summed E-state index contributed by atoms with van der Waals surface area (Å²) in [5.41, 5.74) is 2.08. The van der Waals surface area contributed by atoms with Gasteiger partial charge in [-0.2, -0.15) is 0 Å². The van der Waals surface area contributed by atoms with Crippen LogP contribution in [0.5, 0.6) is 0 Å². The molecule has 1 saturated heterocycles. The first-order valence-electron chi connectivity index (χ1n) is 10.8. The van der Waals surface area contributed by atoms with Crippen molar-refractivity contribution in [1.82, 2.24) is 10.2 Å². The Morgan fingerprint density at radius 1 is 1.21 bits per heavy atom. The van der Waals surface area contributed by atoms with Crippen LogP contribution in [0.15, 0.2) is 35.9 Å². The van der Waals surface area contributed by atoms with E-state index < -0.39 is 5.60 Å². The van der Waals surface area contributed by atoms with Crippen LogP contribution in [0.3, 0.4) is 0 Å². The summed E-state index contributed by atoms with van der Waals surface area (Å²) in [6.07, 6.45) is 8.05. The minimum absolute atomic E-state index is 0.134. The number of rotatable bonds is 5. The third kappa shape index (κ3) is 5.60. The predicted molar refractivity (Wildman–Crippen MR) is 115 cm³/mol. The Labute approximate surface area is 170 Å². The van der Waals surface area contributed by atoms with E-state index in [-0.39, 0.29) is 12.1 Å². The molecule has 0 aromatic heterocycles. The SMILES string of the molecule is CC(=Cc1ccccc1)CNC[C@@H]1CC2CCCCC2N1C(=O)OC(C)(C)C. The van der Waals surface area contributed by atoms with E-state index in [1.165, 1.54) is 30.4 Å². The van der Waals surface area contributed by atoms with Crippen molar-refractivity contribution in [3.05, 3.63) is 41.5 Å². The molecule has 1 aliphatic heterocycles. The van der Waals surface area contributed by atoms with Crippen LogP contribution >= 0.6 is 0 Å². The number of amides is 1. The van der Waals surface area contributed by atoms with E-state index in [1.807, 2.05) is 26.8 Å². The molecule has 4 heteroatoms. The second kappa shape index (κ2) is 9.13. The molecular formula is C24H36N2O2. The van der Waals surface area contributed by atoms with Gasteiger partial charge in [0.25, 0.3) is 0 Å². The van der Waals surface area contributed by atoms with Crippen molar-refractivity contribution >= 4 is 12.2 Å². The Morgan fingerprint density at radius 2 is 1.93 bits per heavy atom. The molecular weight excluding hydrogens is 348 g/mol. The summed E-state index contributed by atoms with van der Waals surface area (Å²) in [7, 11) is 0. The molecule has 0 bridgehead atoms. The predicted octanol–water partition coefficient (Wildman–Crippen LogP) is 5.25. The highest BCUT2D eigenvalue weighted by Gasteiger charge is 2.45. The van der Waals surface area contributed by atoms with Gasteiger partial charge in [-0.15, -0.1) is 0 Å². The van der Waals surface area contributed by atoms with E-state index in [1.54, 1.807) is 0 Å². The molecule has 1 aliphatic carbocycles. The van der Waals surface area contributed by atoms with E-state index in [4.69, 9.17) is 4.74 Å². The van der Waals surface area contributed by atoms with Gasteiger partial charge in [0, 0.05) is 25.2 Å². The molecule has 0 radical (unpaired) electrons. The Balaban J connectivity index is 1.60. The number of nitrogens with zero attached hydrogens (tertiary/aromatic N) is 1. The number of nitrogens with one attached hydrogen (secondary N) is 1. The highest BCUT2D eigenvalue weighted by Crippen LogP contribution is 2.40. The lowest BCUT2D eigenvalue weighted by Gasteiger charge is -2.35. The number of carbonyl (C=O) groups excluding carboxylic acids is 1. The van der Waals surface area contributed by atoms with Crippen molar-refractivity contribution in [2.75, 3.05) is 13.1 Å². The lowest BCUT2D eigenvalue weighted by atomic mass is 9.85. The van der Waals surface area contributed by atoms with Gasteiger partial charge in [0.05, 0.1) is 0 Å². The van der Waals surface area contributed by atoms with Crippen molar-refractivity contribution in [2.24, 2.45) is 5.92 Å². The van der Waals surface area contributed by atoms with Gasteiger partial charge in [-0.05, 0) is 58.4 Å². The summed E-state index contributed by atoms with van der Waals surface area (Å²) in [5, 5.41) is 3.59. The molecule has 3 atom stereocenters. The molecule has 28 heavy (non-hydrogen) atoms. The number of benzene rings is 1. The van der Waals surface area contributed by atoms with E-state index in [0.29, 0.717) is 12.0 Å². The quantitative estimate of drug-likeness (QED) is 0.754. The normalized spacial score (nSPS) is 25.5. The molecule has 4 nitrogen and oxygen atoms in total. The number of likely N-dealkylation sites (tertiary alicyclic amines) is 1. The average Bonchev–Trinajstić information content (AvgIpc) is 2.99. The monoisotopic (exact) mass is 384 g/mol. The molecule has 2 unspecified atom stereocenters. The maximum atomic E-state index is 12.9. The van der Waals surface area contributed by atoms with Gasteiger partial charge in [0.2, 0.25) is 0 Å². The van der Waals surface area contributed by atoms with Crippen LogP contribution in [0.25, 0.3) is 6.08 Å². The summed E-state index contributed by atoms with van der Waals surface area (Å²) in [6.45, 7) is 9.66. The number of hydrogen-bond acceptors (Lipinski definition) is 3. The van der Waals surface area contributed by atoms with Gasteiger partial charge in [-0.3, -0.25) is 0 Å². The Bertz CT molecular complexity index is 678. The Kier molecular flexibility index (Phi) is 6.82. The second-order valence-corrected chi connectivity index (χ2v) is 9.42. The van der Waals surface area contributed by atoms with Crippen LogP contribution in [0.2, 0.25) is 0 Å². The van der Waals surface area contributed by atoms with Gasteiger partial charge in [-0.25, -0.2) is 4.79 Å². The standard InChI is InChI=1S/C24H36N2O2/c1-18(14-19-10-6-5-7-11-19)16-25-17-21-15-20-12-8-9-13-22(20)26(21)23(27)28-24(2,3)4/h5-7,10-11,14,20-22,25H,8-9,12-13,15-17H2,1-4H3/t20?,21-,22?/m0/s1. The average molecular weight is 385 g/mol. The van der Waals surface area contributed by atoms with Crippen LogP contribution in [-0.4, -0.2) is 41.8 Å². The second-order valence-electron chi connectivity index (χ2n) is 9.42. The number of hydrogen-bond donors (Lipinski definition) is 1. The summed E-state index contributed by atoms with van der Waals surface area (Å²) in [4.78, 5) is 15.0. The highest BCUT2D eigenvalue weighted by atomic mass is 16.6. The van der Waals surface area contributed by atoms with Crippen molar-refractivity contribution in [1.29, 1.82) is 0 Å². The van der Waals surface area contributed by atoms with Crippen LogP contribution < -0.4 is 5.32 Å². The van der Waals surface area contributed by atoms with Crippen molar-refractivity contribution in [3.8, 4) is 0 Å². The van der Waals surface area contributed by atoms with E-state index in [9.17, 15) is 4.79 Å². The van der Waals surface area contributed by atoms with Crippen molar-refractivity contribution < 1.29 is 9.53 Å². The van der Waals surface area contributed by atoms with Gasteiger partial charge in [0.1, 0.15) is 5.60 Å². The molecule has 2 fully saturated rings. The lowest BCUT2D eigenvalue weighted by Crippen LogP contribution is -2.48. The zero-order valence-electron chi connectivity index (χ0n) is 17.9. The molecule has 3 rings (SSSR count). The molecule has 1 saturated carbocycles. The molecule has 1 heterocycles. The van der Waals surface area contributed by atoms with Gasteiger partial charge < -0.3 is 15.0 Å². The smallest absolute Gasteiger partial charge is 0.410 e.